The normalized spacial score (nSPS) is 14.5. The van der Waals surface area contributed by atoms with Crippen LogP contribution in [0.2, 0.25) is 0 Å². The summed E-state index contributed by atoms with van der Waals surface area (Å²) in [5.74, 6) is 0.372. The molecule has 5 heteroatoms. The van der Waals surface area contributed by atoms with Crippen LogP contribution in [0.25, 0.3) is 11.0 Å². The van der Waals surface area contributed by atoms with Crippen molar-refractivity contribution in [1.29, 1.82) is 0 Å². The van der Waals surface area contributed by atoms with E-state index in [1.807, 2.05) is 12.1 Å². The lowest BCUT2D eigenvalue weighted by atomic mass is 9.91. The van der Waals surface area contributed by atoms with E-state index in [2.05, 4.69) is 23.8 Å². The Morgan fingerprint density at radius 2 is 1.79 bits per heavy atom. The summed E-state index contributed by atoms with van der Waals surface area (Å²) in [7, 11) is 0. The minimum absolute atomic E-state index is 0.0696. The van der Waals surface area contributed by atoms with Crippen molar-refractivity contribution >= 4 is 11.0 Å². The van der Waals surface area contributed by atoms with E-state index in [9.17, 15) is 9.59 Å². The number of aromatic nitrogens is 2. The average molecular weight is 261 g/mol. The average Bonchev–Trinajstić information content (AvgIpc) is 2.39. The Morgan fingerprint density at radius 1 is 1.16 bits per heavy atom. The van der Waals surface area contributed by atoms with Crippen LogP contribution in [0.5, 0.6) is 0 Å². The van der Waals surface area contributed by atoms with Crippen molar-refractivity contribution in [3.63, 3.8) is 0 Å². The Bertz CT molecular complexity index is 687. The molecular weight excluding hydrogens is 242 g/mol. The fraction of sp³-hybridized carbons (Fsp3) is 0.429. The van der Waals surface area contributed by atoms with Gasteiger partial charge in [-0.15, -0.1) is 0 Å². The molecule has 0 aliphatic rings. The standard InChI is InChI=1S/C14H19N3O2/c1-3-4-8(2)12(15)9-5-6-10-11(7-9)17-14(19)13(18)16-10/h5-8,12H,3-4,15H2,1-2H3,(H,16,18)(H,17,19). The first-order valence-electron chi connectivity index (χ1n) is 6.54. The highest BCUT2D eigenvalue weighted by molar-refractivity contribution is 5.74. The molecule has 2 atom stereocenters. The lowest BCUT2D eigenvalue weighted by Gasteiger charge is -2.20. The first-order chi connectivity index (χ1) is 9.02. The van der Waals surface area contributed by atoms with Crippen molar-refractivity contribution < 1.29 is 0 Å². The summed E-state index contributed by atoms with van der Waals surface area (Å²) in [5.41, 5.74) is 7.14. The number of hydrogen-bond acceptors (Lipinski definition) is 3. The van der Waals surface area contributed by atoms with Crippen LogP contribution in [0.1, 0.15) is 38.3 Å². The van der Waals surface area contributed by atoms with Crippen molar-refractivity contribution in [2.75, 3.05) is 0 Å². The van der Waals surface area contributed by atoms with Crippen LogP contribution in [0.4, 0.5) is 0 Å². The van der Waals surface area contributed by atoms with Gasteiger partial charge in [0.15, 0.2) is 0 Å². The molecule has 1 aromatic carbocycles. The molecule has 19 heavy (non-hydrogen) atoms. The van der Waals surface area contributed by atoms with Crippen LogP contribution in [0.15, 0.2) is 27.8 Å². The molecule has 4 N–H and O–H groups in total. The highest BCUT2D eigenvalue weighted by Gasteiger charge is 2.14. The first-order valence-corrected chi connectivity index (χ1v) is 6.54. The number of hydrogen-bond donors (Lipinski definition) is 3. The second-order valence-corrected chi connectivity index (χ2v) is 5.01. The third-order valence-electron chi connectivity index (χ3n) is 3.49. The lowest BCUT2D eigenvalue weighted by Crippen LogP contribution is -2.29. The molecule has 0 radical (unpaired) electrons. The predicted molar refractivity (Wildman–Crippen MR) is 76.2 cm³/mol. The van der Waals surface area contributed by atoms with Gasteiger partial charge >= 0.3 is 11.1 Å². The van der Waals surface area contributed by atoms with E-state index < -0.39 is 11.1 Å². The van der Waals surface area contributed by atoms with Gasteiger partial charge in [0.1, 0.15) is 0 Å². The van der Waals surface area contributed by atoms with Crippen molar-refractivity contribution in [3.8, 4) is 0 Å². The topological polar surface area (TPSA) is 91.7 Å². The monoisotopic (exact) mass is 261 g/mol. The Hall–Kier alpha value is -1.88. The van der Waals surface area contributed by atoms with E-state index in [1.54, 1.807) is 6.07 Å². The minimum atomic E-state index is -0.639. The molecule has 1 aromatic heterocycles. The van der Waals surface area contributed by atoms with E-state index in [-0.39, 0.29) is 6.04 Å². The molecule has 0 saturated heterocycles. The summed E-state index contributed by atoms with van der Waals surface area (Å²) in [5, 5.41) is 0. The smallest absolute Gasteiger partial charge is 0.314 e. The van der Waals surface area contributed by atoms with Crippen LogP contribution in [-0.4, -0.2) is 9.97 Å². The van der Waals surface area contributed by atoms with Crippen molar-refractivity contribution in [2.24, 2.45) is 11.7 Å². The Labute approximate surface area is 110 Å². The van der Waals surface area contributed by atoms with Crippen LogP contribution in [-0.2, 0) is 0 Å². The van der Waals surface area contributed by atoms with Crippen molar-refractivity contribution in [2.45, 2.75) is 32.7 Å². The zero-order valence-electron chi connectivity index (χ0n) is 11.2. The van der Waals surface area contributed by atoms with E-state index in [4.69, 9.17) is 5.73 Å². The van der Waals surface area contributed by atoms with Crippen molar-refractivity contribution in [1.82, 2.24) is 9.97 Å². The Kier molecular flexibility index (Phi) is 3.85. The summed E-state index contributed by atoms with van der Waals surface area (Å²) in [4.78, 5) is 27.6. The molecule has 0 aliphatic carbocycles. The van der Waals surface area contributed by atoms with Crippen LogP contribution < -0.4 is 16.9 Å². The second-order valence-electron chi connectivity index (χ2n) is 5.01. The molecule has 0 spiro atoms. The fourth-order valence-electron chi connectivity index (χ4n) is 2.30. The first kappa shape index (κ1) is 13.5. The van der Waals surface area contributed by atoms with Gasteiger partial charge in [0.25, 0.3) is 0 Å². The van der Waals surface area contributed by atoms with Gasteiger partial charge in [0.2, 0.25) is 0 Å². The zero-order chi connectivity index (χ0) is 14.0. The third-order valence-corrected chi connectivity index (χ3v) is 3.49. The highest BCUT2D eigenvalue weighted by Crippen LogP contribution is 2.24. The predicted octanol–water partition coefficient (Wildman–Crippen LogP) is 1.65. The van der Waals surface area contributed by atoms with Crippen LogP contribution in [0.3, 0.4) is 0 Å². The van der Waals surface area contributed by atoms with Gasteiger partial charge in [-0.1, -0.05) is 26.3 Å². The SMILES string of the molecule is CCCC(C)C(N)c1ccc2[nH]c(=O)c(=O)[nH]c2c1. The second kappa shape index (κ2) is 5.40. The zero-order valence-corrected chi connectivity index (χ0v) is 11.2. The van der Waals surface area contributed by atoms with Gasteiger partial charge in [-0.05, 0) is 30.0 Å². The van der Waals surface area contributed by atoms with Crippen LogP contribution >= 0.6 is 0 Å². The molecule has 1 heterocycles. The van der Waals surface area contributed by atoms with Gasteiger partial charge in [-0.25, -0.2) is 0 Å². The van der Waals surface area contributed by atoms with Gasteiger partial charge in [0, 0.05) is 6.04 Å². The highest BCUT2D eigenvalue weighted by atomic mass is 16.2. The molecule has 5 nitrogen and oxygen atoms in total. The number of nitrogens with one attached hydrogen (secondary N) is 2. The van der Waals surface area contributed by atoms with E-state index >= 15 is 0 Å². The van der Waals surface area contributed by atoms with Gasteiger partial charge in [0.05, 0.1) is 11.0 Å². The fourth-order valence-corrected chi connectivity index (χ4v) is 2.30. The molecule has 0 amide bonds. The summed E-state index contributed by atoms with van der Waals surface area (Å²) < 4.78 is 0. The number of benzene rings is 1. The summed E-state index contributed by atoms with van der Waals surface area (Å²) in [6.45, 7) is 4.25. The Balaban J connectivity index is 2.44. The maximum atomic E-state index is 11.3. The Morgan fingerprint density at radius 3 is 2.42 bits per heavy atom. The quantitative estimate of drug-likeness (QED) is 0.731. The summed E-state index contributed by atoms with van der Waals surface area (Å²) in [6.07, 6.45) is 2.15. The number of H-pyrrole nitrogens is 2. The minimum Gasteiger partial charge on any atom is -0.324 e. The van der Waals surface area contributed by atoms with Gasteiger partial charge in [-0.2, -0.15) is 0 Å². The largest absolute Gasteiger partial charge is 0.324 e. The molecular formula is C14H19N3O2. The molecule has 2 unspecified atom stereocenters. The summed E-state index contributed by atoms with van der Waals surface area (Å²) in [6, 6.07) is 5.44. The van der Waals surface area contributed by atoms with Gasteiger partial charge in [-0.3, -0.25) is 9.59 Å². The molecule has 0 bridgehead atoms. The van der Waals surface area contributed by atoms with E-state index in [0.29, 0.717) is 17.0 Å². The molecule has 0 saturated carbocycles. The van der Waals surface area contributed by atoms with E-state index in [0.717, 1.165) is 18.4 Å². The summed E-state index contributed by atoms with van der Waals surface area (Å²) >= 11 is 0. The van der Waals surface area contributed by atoms with Crippen molar-refractivity contribution in [3.05, 3.63) is 44.5 Å². The maximum Gasteiger partial charge on any atom is 0.314 e. The number of nitrogens with two attached hydrogens (primary N) is 1. The van der Waals surface area contributed by atoms with E-state index in [1.165, 1.54) is 0 Å². The van der Waals surface area contributed by atoms with Gasteiger partial charge < -0.3 is 15.7 Å². The number of fused-ring (bicyclic) bond motifs is 1. The lowest BCUT2D eigenvalue weighted by molar-refractivity contribution is 0.434. The maximum absolute atomic E-state index is 11.3. The molecule has 2 rings (SSSR count). The third kappa shape index (κ3) is 2.76. The van der Waals surface area contributed by atoms with Crippen LogP contribution in [0, 0.1) is 5.92 Å². The molecule has 102 valence electrons. The number of aromatic amines is 2. The molecule has 0 fully saturated rings. The molecule has 2 aromatic rings. The molecule has 0 aliphatic heterocycles. The number of rotatable bonds is 4.